The van der Waals surface area contributed by atoms with Gasteiger partial charge in [0.1, 0.15) is 10.1 Å². The minimum absolute atomic E-state index is 0.141. The van der Waals surface area contributed by atoms with Gasteiger partial charge in [0, 0.05) is 12.4 Å². The zero-order valence-corrected chi connectivity index (χ0v) is 11.2. The molecule has 0 saturated carbocycles. The third-order valence-electron chi connectivity index (χ3n) is 2.42. The van der Waals surface area contributed by atoms with Crippen LogP contribution in [0.1, 0.15) is 11.1 Å². The first-order valence-electron chi connectivity index (χ1n) is 5.56. The molecule has 0 aliphatic carbocycles. The number of aromatic nitrogens is 2. The highest BCUT2D eigenvalue weighted by Gasteiger charge is 2.30. The van der Waals surface area contributed by atoms with Crippen LogP contribution in [0.3, 0.4) is 0 Å². The van der Waals surface area contributed by atoms with Gasteiger partial charge < -0.3 is 10.9 Å². The summed E-state index contributed by atoms with van der Waals surface area (Å²) in [5.74, 6) is -0.141. The third kappa shape index (κ3) is 3.63. The number of oxime groups is 1. The minimum atomic E-state index is -4.43. The van der Waals surface area contributed by atoms with Crippen molar-refractivity contribution >= 4 is 17.6 Å². The molecule has 0 saturated heterocycles. The van der Waals surface area contributed by atoms with Crippen molar-refractivity contribution in [3.05, 3.63) is 47.8 Å². The summed E-state index contributed by atoms with van der Waals surface area (Å²) in [5, 5.41) is 12.3. The molecule has 9 heteroatoms. The summed E-state index contributed by atoms with van der Waals surface area (Å²) >= 11 is 1.02. The van der Waals surface area contributed by atoms with Gasteiger partial charge >= 0.3 is 6.18 Å². The topological polar surface area (TPSA) is 84.4 Å². The fourth-order valence-electron chi connectivity index (χ4n) is 1.43. The Hall–Kier alpha value is -2.29. The van der Waals surface area contributed by atoms with E-state index in [9.17, 15) is 13.2 Å². The van der Waals surface area contributed by atoms with E-state index in [-0.39, 0.29) is 5.84 Å². The number of hydrogen-bond donors (Lipinski definition) is 2. The van der Waals surface area contributed by atoms with Crippen LogP contribution in [0.15, 0.2) is 51.9 Å². The molecule has 2 heterocycles. The summed E-state index contributed by atoms with van der Waals surface area (Å²) in [5.41, 5.74) is 5.05. The van der Waals surface area contributed by atoms with Crippen molar-refractivity contribution in [2.75, 3.05) is 0 Å². The van der Waals surface area contributed by atoms with Crippen LogP contribution in [0.2, 0.25) is 0 Å². The van der Waals surface area contributed by atoms with Crippen LogP contribution in [-0.2, 0) is 6.18 Å². The van der Waals surface area contributed by atoms with Gasteiger partial charge in [-0.2, -0.15) is 13.2 Å². The van der Waals surface area contributed by atoms with E-state index in [1.807, 2.05) is 0 Å². The van der Waals surface area contributed by atoms with Gasteiger partial charge in [0.2, 0.25) is 0 Å². The molecule has 21 heavy (non-hydrogen) atoms. The standard InChI is InChI=1S/C12H9F3N4OS/c13-12(14,15)7-3-4-9(18-6-7)21-11-8(10(16)19-20)2-1-5-17-11/h1-6,20H,(H2,16,19). The molecule has 0 amide bonds. The lowest BCUT2D eigenvalue weighted by atomic mass is 10.3. The summed E-state index contributed by atoms with van der Waals surface area (Å²) in [6.07, 6.45) is -2.20. The van der Waals surface area contributed by atoms with Crippen LogP contribution in [0.4, 0.5) is 13.2 Å². The van der Waals surface area contributed by atoms with Crippen LogP contribution in [0, 0.1) is 0 Å². The molecule has 0 aliphatic heterocycles. The van der Waals surface area contributed by atoms with E-state index in [1.165, 1.54) is 12.3 Å². The van der Waals surface area contributed by atoms with Gasteiger partial charge in [0.25, 0.3) is 0 Å². The SMILES string of the molecule is N/C(=N\O)c1cccnc1Sc1ccc(C(F)(F)F)cn1. The predicted octanol–water partition coefficient (Wildman–Crippen LogP) is 2.74. The number of hydrogen-bond acceptors (Lipinski definition) is 5. The largest absolute Gasteiger partial charge is 0.417 e. The number of halogens is 3. The fourth-order valence-corrected chi connectivity index (χ4v) is 2.26. The Morgan fingerprint density at radius 1 is 1.24 bits per heavy atom. The average Bonchev–Trinajstić information content (AvgIpc) is 2.46. The summed E-state index contributed by atoms with van der Waals surface area (Å²) in [4.78, 5) is 7.77. The zero-order chi connectivity index (χ0) is 15.5. The second-order valence-corrected chi connectivity index (χ2v) is 4.84. The zero-order valence-electron chi connectivity index (χ0n) is 10.4. The maximum Gasteiger partial charge on any atom is 0.417 e. The minimum Gasteiger partial charge on any atom is -0.409 e. The molecule has 2 aromatic heterocycles. The normalized spacial score (nSPS) is 12.4. The molecule has 2 rings (SSSR count). The number of amidine groups is 1. The number of alkyl halides is 3. The molecule has 0 aliphatic rings. The summed E-state index contributed by atoms with van der Waals surface area (Å²) < 4.78 is 37.3. The predicted molar refractivity (Wildman–Crippen MR) is 70.1 cm³/mol. The highest BCUT2D eigenvalue weighted by atomic mass is 32.2. The molecule has 2 aromatic rings. The maximum atomic E-state index is 12.4. The summed E-state index contributed by atoms with van der Waals surface area (Å²) in [6, 6.07) is 5.34. The Bertz CT molecular complexity index is 658. The van der Waals surface area contributed by atoms with E-state index in [4.69, 9.17) is 10.9 Å². The van der Waals surface area contributed by atoms with Crippen LogP contribution in [0.25, 0.3) is 0 Å². The molecule has 110 valence electrons. The highest BCUT2D eigenvalue weighted by molar-refractivity contribution is 7.99. The van der Waals surface area contributed by atoms with Gasteiger partial charge in [-0.05, 0) is 36.0 Å². The summed E-state index contributed by atoms with van der Waals surface area (Å²) in [6.45, 7) is 0. The number of rotatable bonds is 3. The molecule has 0 unspecified atom stereocenters. The number of pyridine rings is 2. The van der Waals surface area contributed by atoms with Crippen molar-refractivity contribution in [1.29, 1.82) is 0 Å². The van der Waals surface area contributed by atoms with Crippen LogP contribution in [0.5, 0.6) is 0 Å². The Balaban J connectivity index is 2.27. The lowest BCUT2D eigenvalue weighted by molar-refractivity contribution is -0.137. The molecule has 0 radical (unpaired) electrons. The first-order valence-corrected chi connectivity index (χ1v) is 6.37. The van der Waals surface area contributed by atoms with Crippen molar-refractivity contribution in [3.63, 3.8) is 0 Å². The second-order valence-electron chi connectivity index (χ2n) is 3.83. The van der Waals surface area contributed by atoms with Crippen molar-refractivity contribution < 1.29 is 18.4 Å². The van der Waals surface area contributed by atoms with Crippen molar-refractivity contribution in [3.8, 4) is 0 Å². The molecular weight excluding hydrogens is 305 g/mol. The van der Waals surface area contributed by atoms with Gasteiger partial charge in [-0.1, -0.05) is 5.16 Å². The van der Waals surface area contributed by atoms with Gasteiger partial charge in [-0.25, -0.2) is 9.97 Å². The van der Waals surface area contributed by atoms with Crippen LogP contribution in [-0.4, -0.2) is 21.0 Å². The van der Waals surface area contributed by atoms with Crippen molar-refractivity contribution in [2.45, 2.75) is 16.2 Å². The molecule has 0 atom stereocenters. The monoisotopic (exact) mass is 314 g/mol. The Morgan fingerprint density at radius 2 is 2.00 bits per heavy atom. The molecule has 0 bridgehead atoms. The van der Waals surface area contributed by atoms with E-state index in [2.05, 4.69) is 15.1 Å². The Kier molecular flexibility index (Phi) is 4.32. The van der Waals surface area contributed by atoms with Gasteiger partial charge in [0.15, 0.2) is 5.84 Å². The molecule has 0 aromatic carbocycles. The number of nitrogens with two attached hydrogens (primary N) is 1. The Labute approximate surface area is 121 Å². The van der Waals surface area contributed by atoms with E-state index >= 15 is 0 Å². The summed E-state index contributed by atoms with van der Waals surface area (Å²) in [7, 11) is 0. The first kappa shape index (κ1) is 15.1. The van der Waals surface area contributed by atoms with Crippen LogP contribution < -0.4 is 5.73 Å². The molecule has 5 nitrogen and oxygen atoms in total. The molecule has 0 fully saturated rings. The smallest absolute Gasteiger partial charge is 0.409 e. The van der Waals surface area contributed by atoms with Crippen LogP contribution >= 0.6 is 11.8 Å². The first-order chi connectivity index (χ1) is 9.91. The average molecular weight is 314 g/mol. The quantitative estimate of drug-likeness (QED) is 0.394. The van der Waals surface area contributed by atoms with Crippen molar-refractivity contribution in [1.82, 2.24) is 9.97 Å². The highest BCUT2D eigenvalue weighted by Crippen LogP contribution is 2.31. The molecule has 0 spiro atoms. The molecule has 3 N–H and O–H groups in total. The van der Waals surface area contributed by atoms with E-state index < -0.39 is 11.7 Å². The number of nitrogens with zero attached hydrogens (tertiary/aromatic N) is 3. The third-order valence-corrected chi connectivity index (χ3v) is 3.39. The van der Waals surface area contributed by atoms with E-state index in [0.29, 0.717) is 15.6 Å². The van der Waals surface area contributed by atoms with E-state index in [0.717, 1.165) is 24.0 Å². The lowest BCUT2D eigenvalue weighted by Crippen LogP contribution is -2.14. The van der Waals surface area contributed by atoms with Gasteiger partial charge in [-0.15, -0.1) is 0 Å². The second kappa shape index (κ2) is 6.00. The lowest BCUT2D eigenvalue weighted by Gasteiger charge is -2.08. The maximum absolute atomic E-state index is 12.4. The van der Waals surface area contributed by atoms with Gasteiger partial charge in [0.05, 0.1) is 11.1 Å². The Morgan fingerprint density at radius 3 is 2.57 bits per heavy atom. The molecular formula is C12H9F3N4OS. The van der Waals surface area contributed by atoms with Gasteiger partial charge in [-0.3, -0.25) is 0 Å². The fraction of sp³-hybridized carbons (Fsp3) is 0.0833. The van der Waals surface area contributed by atoms with E-state index in [1.54, 1.807) is 12.1 Å². The van der Waals surface area contributed by atoms with Crippen molar-refractivity contribution in [2.24, 2.45) is 10.9 Å².